The molecule has 2 aliphatic rings. The van der Waals surface area contributed by atoms with Crippen LogP contribution in [-0.4, -0.2) is 82.5 Å². The first kappa shape index (κ1) is 29.3. The predicted octanol–water partition coefficient (Wildman–Crippen LogP) is 1.69. The van der Waals surface area contributed by atoms with Crippen molar-refractivity contribution >= 4 is 30.5 Å². The Kier molecular flexibility index (Phi) is 8.04. The molecule has 0 aromatic heterocycles. The maximum atomic E-state index is 13.3. The van der Waals surface area contributed by atoms with Gasteiger partial charge >= 0.3 is 0 Å². The zero-order valence-corrected chi connectivity index (χ0v) is 24.4. The maximum absolute atomic E-state index is 13.3. The fourth-order valence-corrected chi connectivity index (χ4v) is 11.0. The van der Waals surface area contributed by atoms with E-state index in [4.69, 9.17) is 4.43 Å². The molecule has 4 N–H and O–H groups in total. The molecule has 0 unspecified atom stereocenters. The number of carbonyl (C=O) groups excluding carboxylic acids is 2. The summed E-state index contributed by atoms with van der Waals surface area (Å²) in [4.78, 5) is 27.6. The Bertz CT molecular complexity index is 1320. The van der Waals surface area contributed by atoms with Crippen molar-refractivity contribution in [3.05, 3.63) is 96.1 Å². The van der Waals surface area contributed by atoms with Crippen LogP contribution >= 0.6 is 0 Å². The van der Waals surface area contributed by atoms with Crippen LogP contribution in [0.3, 0.4) is 0 Å². The first-order valence-corrected chi connectivity index (χ1v) is 15.8. The predicted molar refractivity (Wildman–Crippen MR) is 156 cm³/mol. The SMILES string of the molecule is CC(C)(C)[Si](OC[C@@H]1C[C@H](N2C(=O)c3ccccc3C2=O)[C@@H](O)[C@H](O)[C@H](O)[C@H]1O)(c1ccccc1)c1ccccc1. The highest BCUT2D eigenvalue weighted by Gasteiger charge is 2.53. The first-order valence-electron chi connectivity index (χ1n) is 13.9. The summed E-state index contributed by atoms with van der Waals surface area (Å²) in [6.07, 6.45) is -6.70. The minimum Gasteiger partial charge on any atom is -0.407 e. The van der Waals surface area contributed by atoms with Gasteiger partial charge in [-0.25, -0.2) is 0 Å². The zero-order valence-electron chi connectivity index (χ0n) is 23.4. The van der Waals surface area contributed by atoms with E-state index in [2.05, 4.69) is 20.8 Å². The number of aliphatic hydroxyl groups excluding tert-OH is 4. The molecule has 1 aliphatic carbocycles. The molecule has 1 heterocycles. The molecule has 8 nitrogen and oxygen atoms in total. The van der Waals surface area contributed by atoms with E-state index in [1.807, 2.05) is 60.7 Å². The molecule has 1 saturated carbocycles. The molecule has 1 aliphatic heterocycles. The van der Waals surface area contributed by atoms with Crippen LogP contribution in [0.4, 0.5) is 0 Å². The number of hydrogen-bond donors (Lipinski definition) is 4. The number of benzene rings is 3. The maximum Gasteiger partial charge on any atom is 0.261 e. The van der Waals surface area contributed by atoms with E-state index in [9.17, 15) is 30.0 Å². The van der Waals surface area contributed by atoms with Crippen LogP contribution in [0.25, 0.3) is 0 Å². The van der Waals surface area contributed by atoms with Crippen molar-refractivity contribution in [1.82, 2.24) is 4.90 Å². The third-order valence-electron chi connectivity index (χ3n) is 8.56. The van der Waals surface area contributed by atoms with Gasteiger partial charge < -0.3 is 24.9 Å². The molecule has 0 spiro atoms. The van der Waals surface area contributed by atoms with E-state index < -0.39 is 56.5 Å². The number of fused-ring (bicyclic) bond motifs is 1. The lowest BCUT2D eigenvalue weighted by molar-refractivity contribution is -0.112. The second-order valence-corrected chi connectivity index (χ2v) is 16.3. The summed E-state index contributed by atoms with van der Waals surface area (Å²) in [5.74, 6) is -1.98. The van der Waals surface area contributed by atoms with E-state index in [1.54, 1.807) is 24.3 Å². The molecule has 6 atom stereocenters. The lowest BCUT2D eigenvalue weighted by Crippen LogP contribution is -2.67. The Morgan fingerprint density at radius 2 is 1.15 bits per heavy atom. The number of aliphatic hydroxyl groups is 4. The minimum atomic E-state index is -3.03. The molecule has 3 aromatic rings. The van der Waals surface area contributed by atoms with E-state index in [-0.39, 0.29) is 29.2 Å². The smallest absolute Gasteiger partial charge is 0.261 e. The summed E-state index contributed by atoms with van der Waals surface area (Å²) in [6, 6.07) is 25.1. The van der Waals surface area contributed by atoms with Crippen molar-refractivity contribution in [1.29, 1.82) is 0 Å². The van der Waals surface area contributed by atoms with Gasteiger partial charge in [-0.1, -0.05) is 93.6 Å². The standard InChI is InChI=1S/C32H37NO7Si/c1-32(2,3)41(21-12-6-4-7-13-21,22-14-8-5-9-15-22)40-19-20-18-25(27(35)29(37)28(36)26(20)34)33-30(38)23-16-10-11-17-24(23)31(33)39/h4-17,20,25-29,34-37H,18-19H2,1-3H3/t20-,25-,26-,27+,28+,29-/m0/s1. The Balaban J connectivity index is 1.53. The van der Waals surface area contributed by atoms with Gasteiger partial charge in [0.25, 0.3) is 20.1 Å². The molecule has 5 rings (SSSR count). The average molecular weight is 576 g/mol. The third kappa shape index (κ3) is 4.96. The number of rotatable bonds is 6. The summed E-state index contributed by atoms with van der Waals surface area (Å²) in [5.41, 5.74) is 0.425. The van der Waals surface area contributed by atoms with Gasteiger partial charge in [0.15, 0.2) is 0 Å². The average Bonchev–Trinajstić information content (AvgIpc) is 3.19. The van der Waals surface area contributed by atoms with Crippen LogP contribution in [0.1, 0.15) is 47.9 Å². The fraction of sp³-hybridized carbons (Fsp3) is 0.375. The third-order valence-corrected chi connectivity index (χ3v) is 13.6. The lowest BCUT2D eigenvalue weighted by atomic mass is 9.94. The van der Waals surface area contributed by atoms with Gasteiger partial charge in [0, 0.05) is 12.5 Å². The summed E-state index contributed by atoms with van der Waals surface area (Å²) < 4.78 is 6.99. The van der Waals surface area contributed by atoms with Gasteiger partial charge in [-0.2, -0.15) is 0 Å². The van der Waals surface area contributed by atoms with Crippen molar-refractivity contribution in [2.45, 2.75) is 62.7 Å². The highest BCUT2D eigenvalue weighted by atomic mass is 28.4. The fourth-order valence-electron chi connectivity index (χ4n) is 6.43. The van der Waals surface area contributed by atoms with Gasteiger partial charge in [0.05, 0.1) is 23.3 Å². The van der Waals surface area contributed by atoms with Crippen LogP contribution in [0.2, 0.25) is 5.04 Å². The Labute approximate surface area is 241 Å². The van der Waals surface area contributed by atoms with Crippen molar-refractivity contribution in [3.63, 3.8) is 0 Å². The van der Waals surface area contributed by atoms with E-state index >= 15 is 0 Å². The van der Waals surface area contributed by atoms with Crippen molar-refractivity contribution in [2.75, 3.05) is 6.61 Å². The minimum absolute atomic E-state index is 0.0371. The summed E-state index contributed by atoms with van der Waals surface area (Å²) in [5, 5.41) is 45.7. The van der Waals surface area contributed by atoms with Gasteiger partial charge in [0.2, 0.25) is 0 Å². The monoisotopic (exact) mass is 575 g/mol. The molecule has 0 saturated heterocycles. The highest BCUT2D eigenvalue weighted by Crippen LogP contribution is 2.39. The van der Waals surface area contributed by atoms with Crippen molar-refractivity contribution in [2.24, 2.45) is 5.92 Å². The number of amides is 2. The van der Waals surface area contributed by atoms with Crippen molar-refractivity contribution < 1.29 is 34.4 Å². The number of carbonyl (C=O) groups is 2. The molecule has 41 heavy (non-hydrogen) atoms. The summed E-state index contributed by atoms with van der Waals surface area (Å²) in [6.45, 7) is 6.32. The molecule has 2 amide bonds. The van der Waals surface area contributed by atoms with Crippen LogP contribution in [0.15, 0.2) is 84.9 Å². The molecule has 216 valence electrons. The Morgan fingerprint density at radius 3 is 1.61 bits per heavy atom. The molecule has 3 aromatic carbocycles. The topological polar surface area (TPSA) is 128 Å². The van der Waals surface area contributed by atoms with Crippen LogP contribution < -0.4 is 10.4 Å². The molecule has 1 fully saturated rings. The van der Waals surface area contributed by atoms with E-state index in [0.717, 1.165) is 15.3 Å². The Morgan fingerprint density at radius 1 is 0.707 bits per heavy atom. The normalized spacial score (nSPS) is 27.0. The summed E-state index contributed by atoms with van der Waals surface area (Å²) >= 11 is 0. The summed E-state index contributed by atoms with van der Waals surface area (Å²) in [7, 11) is -3.03. The highest BCUT2D eigenvalue weighted by molar-refractivity contribution is 6.99. The number of nitrogens with zero attached hydrogens (tertiary/aromatic N) is 1. The van der Waals surface area contributed by atoms with Crippen LogP contribution in [0.5, 0.6) is 0 Å². The number of imide groups is 1. The zero-order chi connectivity index (χ0) is 29.5. The second kappa shape index (κ2) is 11.2. The van der Waals surface area contributed by atoms with Crippen LogP contribution in [-0.2, 0) is 4.43 Å². The van der Waals surface area contributed by atoms with Crippen LogP contribution in [0, 0.1) is 5.92 Å². The lowest BCUT2D eigenvalue weighted by Gasteiger charge is -2.44. The molecule has 0 bridgehead atoms. The molecular weight excluding hydrogens is 538 g/mol. The van der Waals surface area contributed by atoms with Gasteiger partial charge in [-0.3, -0.25) is 14.5 Å². The van der Waals surface area contributed by atoms with E-state index in [1.165, 1.54) is 0 Å². The first-order chi connectivity index (χ1) is 19.5. The van der Waals surface area contributed by atoms with Crippen molar-refractivity contribution in [3.8, 4) is 0 Å². The molecule has 9 heteroatoms. The Hall–Kier alpha value is -3.18. The number of hydrogen-bond acceptors (Lipinski definition) is 7. The molecule has 0 radical (unpaired) electrons. The second-order valence-electron chi connectivity index (χ2n) is 12.0. The van der Waals surface area contributed by atoms with E-state index in [0.29, 0.717) is 0 Å². The van der Waals surface area contributed by atoms with Gasteiger partial charge in [-0.05, 0) is 34.0 Å². The van der Waals surface area contributed by atoms with Gasteiger partial charge in [0.1, 0.15) is 18.3 Å². The quantitative estimate of drug-likeness (QED) is 0.200. The molecular formula is C32H37NO7Si. The largest absolute Gasteiger partial charge is 0.407 e. The van der Waals surface area contributed by atoms with Gasteiger partial charge in [-0.15, -0.1) is 0 Å².